The molecule has 1 heterocycles. The number of alkyl halides is 1. The Bertz CT molecular complexity index is 582. The van der Waals surface area contributed by atoms with E-state index in [0.29, 0.717) is 0 Å². The zero-order valence-electron chi connectivity index (χ0n) is 12.2. The van der Waals surface area contributed by atoms with Crippen molar-refractivity contribution in [3.8, 4) is 5.75 Å². The molecule has 1 unspecified atom stereocenters. The number of nitrogens with zero attached hydrogens (tertiary/aromatic N) is 2. The van der Waals surface area contributed by atoms with E-state index in [1.54, 1.807) is 7.11 Å². The fraction of sp³-hybridized carbons (Fsp3) is 0.533. The predicted octanol–water partition coefficient (Wildman–Crippen LogP) is 4.39. The second-order valence-corrected chi connectivity index (χ2v) is 6.72. The highest BCUT2D eigenvalue weighted by Crippen LogP contribution is 2.32. The zero-order valence-corrected chi connectivity index (χ0v) is 13.0. The standard InChI is InChI=1S/C15H21ClN2O/c1-10(16)14-17-13-11(7-6-8-12(13)19-5)18(14)9-15(2,3)4/h6-8,10H,9H2,1-5H3. The summed E-state index contributed by atoms with van der Waals surface area (Å²) in [5.41, 5.74) is 2.13. The average molecular weight is 281 g/mol. The summed E-state index contributed by atoms with van der Waals surface area (Å²) in [5.74, 6) is 1.69. The Morgan fingerprint density at radius 1 is 1.37 bits per heavy atom. The fourth-order valence-electron chi connectivity index (χ4n) is 2.25. The highest BCUT2D eigenvalue weighted by Gasteiger charge is 2.21. The first kappa shape index (κ1) is 14.2. The van der Waals surface area contributed by atoms with E-state index in [9.17, 15) is 0 Å². The van der Waals surface area contributed by atoms with Gasteiger partial charge in [0.2, 0.25) is 0 Å². The lowest BCUT2D eigenvalue weighted by Crippen LogP contribution is -2.17. The van der Waals surface area contributed by atoms with E-state index in [1.165, 1.54) is 0 Å². The van der Waals surface area contributed by atoms with Crippen LogP contribution in [0.15, 0.2) is 18.2 Å². The van der Waals surface area contributed by atoms with Gasteiger partial charge in [-0.25, -0.2) is 4.98 Å². The number of methoxy groups -OCH3 is 1. The van der Waals surface area contributed by atoms with E-state index in [4.69, 9.17) is 16.3 Å². The summed E-state index contributed by atoms with van der Waals surface area (Å²) in [6, 6.07) is 5.99. The number of fused-ring (bicyclic) bond motifs is 1. The molecule has 0 bridgehead atoms. The molecule has 0 aliphatic rings. The quantitative estimate of drug-likeness (QED) is 0.780. The minimum atomic E-state index is -0.126. The molecule has 0 amide bonds. The highest BCUT2D eigenvalue weighted by molar-refractivity contribution is 6.20. The second-order valence-electron chi connectivity index (χ2n) is 6.06. The topological polar surface area (TPSA) is 27.1 Å². The molecule has 2 rings (SSSR count). The predicted molar refractivity (Wildman–Crippen MR) is 80.0 cm³/mol. The van der Waals surface area contributed by atoms with Gasteiger partial charge in [0, 0.05) is 6.54 Å². The van der Waals surface area contributed by atoms with E-state index < -0.39 is 0 Å². The lowest BCUT2D eigenvalue weighted by atomic mass is 9.96. The normalized spacial score (nSPS) is 13.8. The maximum absolute atomic E-state index is 6.28. The number of imidazole rings is 1. The monoisotopic (exact) mass is 280 g/mol. The summed E-state index contributed by atoms with van der Waals surface area (Å²) in [5, 5.41) is -0.126. The van der Waals surface area contributed by atoms with Gasteiger partial charge in [0.1, 0.15) is 17.1 Å². The van der Waals surface area contributed by atoms with Crippen molar-refractivity contribution in [2.75, 3.05) is 7.11 Å². The molecule has 0 aliphatic heterocycles. The van der Waals surface area contributed by atoms with Gasteiger partial charge >= 0.3 is 0 Å². The molecule has 104 valence electrons. The van der Waals surface area contributed by atoms with Gasteiger partial charge in [0.05, 0.1) is 18.0 Å². The number of benzene rings is 1. The van der Waals surface area contributed by atoms with E-state index in [2.05, 4.69) is 36.4 Å². The molecule has 19 heavy (non-hydrogen) atoms. The Labute approximate surface area is 119 Å². The molecular weight excluding hydrogens is 260 g/mol. The molecule has 0 saturated carbocycles. The van der Waals surface area contributed by atoms with Gasteiger partial charge in [-0.15, -0.1) is 11.6 Å². The molecule has 0 aliphatic carbocycles. The van der Waals surface area contributed by atoms with Crippen molar-refractivity contribution in [1.29, 1.82) is 0 Å². The molecule has 0 radical (unpaired) electrons. The van der Waals surface area contributed by atoms with Gasteiger partial charge in [-0.2, -0.15) is 0 Å². The Morgan fingerprint density at radius 3 is 2.58 bits per heavy atom. The highest BCUT2D eigenvalue weighted by atomic mass is 35.5. The minimum Gasteiger partial charge on any atom is -0.494 e. The van der Waals surface area contributed by atoms with Crippen molar-refractivity contribution in [1.82, 2.24) is 9.55 Å². The third kappa shape index (κ3) is 2.86. The van der Waals surface area contributed by atoms with Crippen molar-refractivity contribution < 1.29 is 4.74 Å². The van der Waals surface area contributed by atoms with Gasteiger partial charge in [-0.1, -0.05) is 26.8 Å². The number of hydrogen-bond acceptors (Lipinski definition) is 2. The molecule has 1 atom stereocenters. The van der Waals surface area contributed by atoms with E-state index in [1.807, 2.05) is 19.1 Å². The average Bonchev–Trinajstić information content (AvgIpc) is 2.66. The van der Waals surface area contributed by atoms with Crippen LogP contribution in [-0.2, 0) is 6.54 Å². The first-order chi connectivity index (χ1) is 8.83. The van der Waals surface area contributed by atoms with Crippen LogP contribution in [0.2, 0.25) is 0 Å². The Balaban J connectivity index is 2.67. The number of rotatable bonds is 3. The van der Waals surface area contributed by atoms with Crippen LogP contribution in [0.1, 0.15) is 38.9 Å². The molecule has 0 fully saturated rings. The maximum atomic E-state index is 6.28. The van der Waals surface area contributed by atoms with Gasteiger partial charge in [0.15, 0.2) is 0 Å². The number of aromatic nitrogens is 2. The number of ether oxygens (including phenoxy) is 1. The number of hydrogen-bond donors (Lipinski definition) is 0. The van der Waals surface area contributed by atoms with Gasteiger partial charge in [0.25, 0.3) is 0 Å². The molecule has 1 aromatic heterocycles. The van der Waals surface area contributed by atoms with Crippen LogP contribution >= 0.6 is 11.6 Å². The van der Waals surface area contributed by atoms with Crippen LogP contribution in [0.5, 0.6) is 5.75 Å². The summed E-state index contributed by atoms with van der Waals surface area (Å²) in [4.78, 5) is 4.67. The van der Waals surface area contributed by atoms with E-state index in [-0.39, 0.29) is 10.8 Å². The van der Waals surface area contributed by atoms with Crippen molar-refractivity contribution >= 4 is 22.6 Å². The van der Waals surface area contributed by atoms with Crippen LogP contribution in [0, 0.1) is 5.41 Å². The Kier molecular flexibility index (Phi) is 3.77. The molecule has 1 aromatic carbocycles. The Hall–Kier alpha value is -1.22. The third-order valence-electron chi connectivity index (χ3n) is 2.98. The van der Waals surface area contributed by atoms with Gasteiger partial charge in [-0.05, 0) is 24.5 Å². The summed E-state index contributed by atoms with van der Waals surface area (Å²) in [6.45, 7) is 9.46. The number of halogens is 1. The molecule has 3 nitrogen and oxygen atoms in total. The molecule has 2 aromatic rings. The summed E-state index contributed by atoms with van der Waals surface area (Å²) >= 11 is 6.28. The van der Waals surface area contributed by atoms with Gasteiger partial charge < -0.3 is 9.30 Å². The van der Waals surface area contributed by atoms with Crippen LogP contribution in [-0.4, -0.2) is 16.7 Å². The summed E-state index contributed by atoms with van der Waals surface area (Å²) < 4.78 is 7.59. The largest absolute Gasteiger partial charge is 0.494 e. The van der Waals surface area contributed by atoms with Crippen LogP contribution in [0.3, 0.4) is 0 Å². The zero-order chi connectivity index (χ0) is 14.2. The molecule has 4 heteroatoms. The molecule has 0 spiro atoms. The first-order valence-electron chi connectivity index (χ1n) is 6.50. The number of para-hydroxylation sites is 1. The first-order valence-corrected chi connectivity index (χ1v) is 6.94. The minimum absolute atomic E-state index is 0.126. The molecule has 0 N–H and O–H groups in total. The second kappa shape index (κ2) is 5.04. The third-order valence-corrected chi connectivity index (χ3v) is 3.17. The van der Waals surface area contributed by atoms with Crippen molar-refractivity contribution in [2.24, 2.45) is 5.41 Å². The van der Waals surface area contributed by atoms with Crippen LogP contribution in [0.4, 0.5) is 0 Å². The fourth-order valence-corrected chi connectivity index (χ4v) is 2.41. The van der Waals surface area contributed by atoms with Crippen LogP contribution < -0.4 is 4.74 Å². The molecular formula is C15H21ClN2O. The summed E-state index contributed by atoms with van der Waals surface area (Å²) in [7, 11) is 1.67. The summed E-state index contributed by atoms with van der Waals surface area (Å²) in [6.07, 6.45) is 0. The smallest absolute Gasteiger partial charge is 0.146 e. The van der Waals surface area contributed by atoms with Gasteiger partial charge in [-0.3, -0.25) is 0 Å². The lowest BCUT2D eigenvalue weighted by Gasteiger charge is -2.21. The SMILES string of the molecule is COc1cccc2c1nc(C(C)Cl)n2CC(C)(C)C. The van der Waals surface area contributed by atoms with Crippen molar-refractivity contribution in [3.63, 3.8) is 0 Å². The van der Waals surface area contributed by atoms with Crippen molar-refractivity contribution in [3.05, 3.63) is 24.0 Å². The van der Waals surface area contributed by atoms with Crippen LogP contribution in [0.25, 0.3) is 11.0 Å². The maximum Gasteiger partial charge on any atom is 0.146 e. The van der Waals surface area contributed by atoms with Crippen molar-refractivity contribution in [2.45, 2.75) is 39.6 Å². The Morgan fingerprint density at radius 2 is 2.05 bits per heavy atom. The van der Waals surface area contributed by atoms with E-state index in [0.717, 1.165) is 29.2 Å². The van der Waals surface area contributed by atoms with E-state index >= 15 is 0 Å². The lowest BCUT2D eigenvalue weighted by molar-refractivity contribution is 0.343. The molecule has 0 saturated heterocycles.